The zero-order valence-electron chi connectivity index (χ0n) is 14.7. The summed E-state index contributed by atoms with van der Waals surface area (Å²) >= 11 is 0. The molecule has 0 spiro atoms. The maximum atomic E-state index is 12.1. The van der Waals surface area contributed by atoms with Gasteiger partial charge in [0.15, 0.2) is 0 Å². The molecular weight excluding hydrogens is 320 g/mol. The number of aromatic nitrogens is 2. The van der Waals surface area contributed by atoms with Crippen molar-refractivity contribution in [3.05, 3.63) is 23.8 Å². The van der Waals surface area contributed by atoms with Crippen LogP contribution in [-0.2, 0) is 20.9 Å². The Morgan fingerprint density at radius 1 is 1.28 bits per heavy atom. The molecule has 136 valence electrons. The summed E-state index contributed by atoms with van der Waals surface area (Å²) in [6.45, 7) is 4.23. The number of ether oxygens (including phenoxy) is 1. The van der Waals surface area contributed by atoms with E-state index in [-0.39, 0.29) is 17.9 Å². The van der Waals surface area contributed by atoms with E-state index in [0.29, 0.717) is 18.9 Å². The van der Waals surface area contributed by atoms with Gasteiger partial charge in [0, 0.05) is 33.1 Å². The van der Waals surface area contributed by atoms with Crippen LogP contribution in [0.5, 0.6) is 0 Å². The number of nitrogens with one attached hydrogen (secondary N) is 1. The highest BCUT2D eigenvalue weighted by atomic mass is 16.5. The molecule has 2 fully saturated rings. The van der Waals surface area contributed by atoms with Gasteiger partial charge in [0.25, 0.3) is 0 Å². The third-order valence-corrected chi connectivity index (χ3v) is 4.98. The minimum absolute atomic E-state index is 0.00268. The summed E-state index contributed by atoms with van der Waals surface area (Å²) in [5.74, 6) is 0.526. The number of likely N-dealkylation sites (tertiary alicyclic amines) is 1. The van der Waals surface area contributed by atoms with Gasteiger partial charge in [-0.3, -0.25) is 19.6 Å². The van der Waals surface area contributed by atoms with Crippen LogP contribution in [0.25, 0.3) is 0 Å². The zero-order valence-corrected chi connectivity index (χ0v) is 14.7. The lowest BCUT2D eigenvalue weighted by molar-refractivity contribution is -0.129. The summed E-state index contributed by atoms with van der Waals surface area (Å²) in [6.07, 6.45) is 7.73. The van der Waals surface area contributed by atoms with E-state index in [1.807, 2.05) is 4.90 Å². The van der Waals surface area contributed by atoms with E-state index in [2.05, 4.69) is 15.3 Å². The van der Waals surface area contributed by atoms with E-state index in [4.69, 9.17) is 4.74 Å². The average molecular weight is 346 g/mol. The molecule has 7 heteroatoms. The first-order chi connectivity index (χ1) is 12.1. The van der Waals surface area contributed by atoms with Gasteiger partial charge in [0.05, 0.1) is 36.4 Å². The Morgan fingerprint density at radius 2 is 2.08 bits per heavy atom. The molecule has 0 unspecified atom stereocenters. The molecule has 2 aliphatic rings. The van der Waals surface area contributed by atoms with Crippen molar-refractivity contribution < 1.29 is 14.3 Å². The summed E-state index contributed by atoms with van der Waals surface area (Å²) in [7, 11) is 0. The van der Waals surface area contributed by atoms with Gasteiger partial charge >= 0.3 is 0 Å². The van der Waals surface area contributed by atoms with Crippen molar-refractivity contribution in [2.24, 2.45) is 5.92 Å². The van der Waals surface area contributed by atoms with Gasteiger partial charge < -0.3 is 15.0 Å². The minimum Gasteiger partial charge on any atom is -0.381 e. The van der Waals surface area contributed by atoms with Crippen LogP contribution in [0.3, 0.4) is 0 Å². The van der Waals surface area contributed by atoms with Gasteiger partial charge in [-0.15, -0.1) is 0 Å². The van der Waals surface area contributed by atoms with Crippen molar-refractivity contribution in [2.75, 3.05) is 19.8 Å². The zero-order chi connectivity index (χ0) is 17.6. The highest BCUT2D eigenvalue weighted by molar-refractivity contribution is 5.76. The monoisotopic (exact) mass is 346 g/mol. The fraction of sp³-hybridized carbons (Fsp3) is 0.667. The average Bonchev–Trinajstić information content (AvgIpc) is 3.11. The Hall–Kier alpha value is -2.02. The SMILES string of the molecule is CC(=O)N1CCC[C@@H]1c1cncc(CNC(=O)CC2CCOCC2)n1. The van der Waals surface area contributed by atoms with Crippen LogP contribution in [0, 0.1) is 5.92 Å². The lowest BCUT2D eigenvalue weighted by Gasteiger charge is -2.23. The van der Waals surface area contributed by atoms with Crippen molar-refractivity contribution >= 4 is 11.8 Å². The number of rotatable bonds is 5. The fourth-order valence-electron chi connectivity index (χ4n) is 3.59. The van der Waals surface area contributed by atoms with Crippen molar-refractivity contribution in [3.8, 4) is 0 Å². The van der Waals surface area contributed by atoms with Crippen molar-refractivity contribution in [2.45, 2.75) is 51.6 Å². The van der Waals surface area contributed by atoms with E-state index in [0.717, 1.165) is 56.8 Å². The van der Waals surface area contributed by atoms with Crippen molar-refractivity contribution in [1.29, 1.82) is 0 Å². The molecule has 0 saturated carbocycles. The lowest BCUT2D eigenvalue weighted by Crippen LogP contribution is -2.30. The molecule has 1 aromatic rings. The van der Waals surface area contributed by atoms with Crippen molar-refractivity contribution in [1.82, 2.24) is 20.2 Å². The van der Waals surface area contributed by atoms with Crippen LogP contribution in [-0.4, -0.2) is 46.4 Å². The maximum absolute atomic E-state index is 12.1. The summed E-state index contributed by atoms with van der Waals surface area (Å²) < 4.78 is 5.32. The standard InChI is InChI=1S/C18H26N4O3/c1-13(23)22-6-2-3-17(22)16-12-19-10-15(21-16)11-20-18(24)9-14-4-7-25-8-5-14/h10,12,14,17H,2-9,11H2,1H3,(H,20,24)/t17-/m1/s1. The third kappa shape index (κ3) is 4.75. The number of carbonyl (C=O) groups is 2. The highest BCUT2D eigenvalue weighted by Gasteiger charge is 2.29. The van der Waals surface area contributed by atoms with Crippen LogP contribution in [0.15, 0.2) is 12.4 Å². The second-order valence-corrected chi connectivity index (χ2v) is 6.84. The van der Waals surface area contributed by atoms with Crippen LogP contribution in [0.1, 0.15) is 56.5 Å². The first kappa shape index (κ1) is 17.8. The Labute approximate surface area is 148 Å². The van der Waals surface area contributed by atoms with Crippen molar-refractivity contribution in [3.63, 3.8) is 0 Å². The quantitative estimate of drug-likeness (QED) is 0.875. The minimum atomic E-state index is 0.00268. The molecule has 1 N–H and O–H groups in total. The van der Waals surface area contributed by atoms with Crippen LogP contribution in [0.2, 0.25) is 0 Å². The summed E-state index contributed by atoms with van der Waals surface area (Å²) in [6, 6.07) is 0.00268. The summed E-state index contributed by atoms with van der Waals surface area (Å²) in [5.41, 5.74) is 1.54. The van der Waals surface area contributed by atoms with Gasteiger partial charge in [-0.05, 0) is 31.6 Å². The Morgan fingerprint density at radius 3 is 2.84 bits per heavy atom. The summed E-state index contributed by atoms with van der Waals surface area (Å²) in [5, 5.41) is 2.94. The first-order valence-electron chi connectivity index (χ1n) is 9.06. The van der Waals surface area contributed by atoms with Crippen LogP contribution >= 0.6 is 0 Å². The number of amides is 2. The van der Waals surface area contributed by atoms with Crippen LogP contribution in [0.4, 0.5) is 0 Å². The van der Waals surface area contributed by atoms with E-state index < -0.39 is 0 Å². The van der Waals surface area contributed by atoms with Crippen LogP contribution < -0.4 is 5.32 Å². The second-order valence-electron chi connectivity index (χ2n) is 6.84. The third-order valence-electron chi connectivity index (χ3n) is 4.98. The molecule has 0 bridgehead atoms. The predicted molar refractivity (Wildman–Crippen MR) is 91.4 cm³/mol. The van der Waals surface area contributed by atoms with Gasteiger partial charge in [-0.25, -0.2) is 0 Å². The van der Waals surface area contributed by atoms with Gasteiger partial charge in [0.1, 0.15) is 0 Å². The van der Waals surface area contributed by atoms with Gasteiger partial charge in [-0.1, -0.05) is 0 Å². The Kier molecular flexibility index (Phi) is 5.96. The van der Waals surface area contributed by atoms with Gasteiger partial charge in [0.2, 0.25) is 11.8 Å². The smallest absolute Gasteiger partial charge is 0.220 e. The molecule has 0 aliphatic carbocycles. The molecule has 2 amide bonds. The normalized spacial score (nSPS) is 21.3. The number of hydrogen-bond acceptors (Lipinski definition) is 5. The molecule has 2 saturated heterocycles. The Bertz CT molecular complexity index is 616. The maximum Gasteiger partial charge on any atom is 0.220 e. The largest absolute Gasteiger partial charge is 0.381 e. The molecule has 1 atom stereocenters. The lowest BCUT2D eigenvalue weighted by atomic mass is 9.96. The van der Waals surface area contributed by atoms with Gasteiger partial charge in [-0.2, -0.15) is 0 Å². The molecule has 1 aromatic heterocycles. The molecule has 3 heterocycles. The topological polar surface area (TPSA) is 84.4 Å². The molecule has 7 nitrogen and oxygen atoms in total. The molecule has 25 heavy (non-hydrogen) atoms. The fourth-order valence-corrected chi connectivity index (χ4v) is 3.59. The summed E-state index contributed by atoms with van der Waals surface area (Å²) in [4.78, 5) is 34.6. The molecular formula is C18H26N4O3. The van der Waals surface area contributed by atoms with E-state index in [9.17, 15) is 9.59 Å². The number of carbonyl (C=O) groups excluding carboxylic acids is 2. The molecule has 0 aromatic carbocycles. The predicted octanol–water partition coefficient (Wildman–Crippen LogP) is 1.59. The van der Waals surface area contributed by atoms with E-state index >= 15 is 0 Å². The number of hydrogen-bond donors (Lipinski definition) is 1. The second kappa shape index (κ2) is 8.38. The number of nitrogens with zero attached hydrogens (tertiary/aromatic N) is 3. The van der Waals surface area contributed by atoms with E-state index in [1.165, 1.54) is 0 Å². The molecule has 3 rings (SSSR count). The first-order valence-corrected chi connectivity index (χ1v) is 9.06. The van der Waals surface area contributed by atoms with E-state index in [1.54, 1.807) is 19.3 Å². The highest BCUT2D eigenvalue weighted by Crippen LogP contribution is 2.30. The Balaban J connectivity index is 1.54. The molecule has 2 aliphatic heterocycles. The molecule has 0 radical (unpaired) electrons.